The van der Waals surface area contributed by atoms with E-state index in [1.165, 1.54) is 0 Å². The monoisotopic (exact) mass is 523 g/mol. The van der Waals surface area contributed by atoms with Crippen LogP contribution < -0.4 is 14.4 Å². The average molecular weight is 524 g/mol. The van der Waals surface area contributed by atoms with Gasteiger partial charge in [0, 0.05) is 31.2 Å². The highest BCUT2D eigenvalue weighted by molar-refractivity contribution is 5.94. The van der Waals surface area contributed by atoms with Gasteiger partial charge in [-0.3, -0.25) is 19.5 Å². The van der Waals surface area contributed by atoms with Crippen molar-refractivity contribution in [2.45, 2.75) is 71.8 Å². The van der Waals surface area contributed by atoms with Crippen LogP contribution in [0.2, 0.25) is 0 Å². The molecule has 0 aliphatic carbocycles. The molecule has 0 bridgehead atoms. The summed E-state index contributed by atoms with van der Waals surface area (Å²) < 4.78 is 11.1. The first-order valence-corrected chi connectivity index (χ1v) is 13.8. The summed E-state index contributed by atoms with van der Waals surface area (Å²) in [6.45, 7) is 10.1. The van der Waals surface area contributed by atoms with Crippen molar-refractivity contribution in [2.75, 3.05) is 31.3 Å². The van der Waals surface area contributed by atoms with Crippen LogP contribution >= 0.6 is 0 Å². The van der Waals surface area contributed by atoms with Crippen LogP contribution in [0.3, 0.4) is 0 Å². The summed E-state index contributed by atoms with van der Waals surface area (Å²) in [5, 5.41) is 10.5. The molecule has 2 aliphatic rings. The van der Waals surface area contributed by atoms with Gasteiger partial charge in [-0.25, -0.2) is 0 Å². The van der Waals surface area contributed by atoms with Gasteiger partial charge in [0.15, 0.2) is 11.5 Å². The largest absolute Gasteiger partial charge is 0.481 e. The van der Waals surface area contributed by atoms with E-state index in [1.54, 1.807) is 17.3 Å². The Labute approximate surface area is 225 Å². The Morgan fingerprint density at radius 1 is 1.16 bits per heavy atom. The topological polar surface area (TPSA) is 92.2 Å². The maximum Gasteiger partial charge on any atom is 0.308 e. The van der Waals surface area contributed by atoms with Crippen molar-refractivity contribution in [3.63, 3.8) is 0 Å². The number of amides is 1. The van der Waals surface area contributed by atoms with Crippen molar-refractivity contribution in [1.29, 1.82) is 0 Å². The van der Waals surface area contributed by atoms with Gasteiger partial charge in [-0.2, -0.15) is 0 Å². The van der Waals surface area contributed by atoms with Crippen LogP contribution in [-0.4, -0.2) is 59.3 Å². The van der Waals surface area contributed by atoms with E-state index in [0.717, 1.165) is 36.9 Å². The second-order valence-electron chi connectivity index (χ2n) is 11.3. The van der Waals surface area contributed by atoms with Crippen molar-refractivity contribution >= 4 is 17.6 Å². The van der Waals surface area contributed by atoms with Gasteiger partial charge in [-0.05, 0) is 54.5 Å². The minimum absolute atomic E-state index is 0.0276. The number of carboxylic acid groups (broad SMARTS) is 1. The lowest BCUT2D eigenvalue weighted by molar-refractivity contribution is -0.143. The molecule has 1 N–H and O–H groups in total. The number of rotatable bonds is 12. The molecule has 0 spiro atoms. The predicted molar refractivity (Wildman–Crippen MR) is 147 cm³/mol. The number of aromatic nitrogens is 1. The van der Waals surface area contributed by atoms with Gasteiger partial charge >= 0.3 is 5.97 Å². The number of fused-ring (bicyclic) bond motifs is 1. The van der Waals surface area contributed by atoms with E-state index in [9.17, 15) is 14.7 Å². The number of hydrogen-bond donors (Lipinski definition) is 1. The standard InChI is InChI=1S/C30H41N3O5/c1-5-7-14-33(22-9-8-13-31-17-22)27(34)19-32-18-23(21-10-11-25-26(15-21)38-20-37-25)28(29(35)36)24(32)16-30(3,4)12-6-2/h8-11,13,15,17,23-24,28H,5-7,12,14,16,18-20H2,1-4H3,(H,35,36). The van der Waals surface area contributed by atoms with Gasteiger partial charge in [0.2, 0.25) is 12.7 Å². The Balaban J connectivity index is 1.65. The third-order valence-corrected chi connectivity index (χ3v) is 7.88. The number of carbonyl (C=O) groups excluding carboxylic acids is 1. The SMILES string of the molecule is CCCCN(C(=O)CN1CC(c2ccc3c(c2)OCO3)C(C(=O)O)C1CC(C)(C)CCC)c1cccnc1. The zero-order valence-electron chi connectivity index (χ0n) is 23.1. The quantitative estimate of drug-likeness (QED) is 0.402. The third kappa shape index (κ3) is 6.29. The number of pyridine rings is 1. The molecule has 0 saturated carbocycles. The van der Waals surface area contributed by atoms with E-state index >= 15 is 0 Å². The molecule has 1 fully saturated rings. The maximum atomic E-state index is 13.8. The van der Waals surface area contributed by atoms with Gasteiger partial charge in [0.1, 0.15) is 0 Å². The Morgan fingerprint density at radius 3 is 2.63 bits per heavy atom. The lowest BCUT2D eigenvalue weighted by Gasteiger charge is -2.35. The number of aliphatic carboxylic acids is 1. The van der Waals surface area contributed by atoms with Gasteiger partial charge in [-0.15, -0.1) is 0 Å². The first kappa shape index (κ1) is 27.9. The summed E-state index contributed by atoms with van der Waals surface area (Å²) in [7, 11) is 0. The molecule has 1 aromatic carbocycles. The third-order valence-electron chi connectivity index (χ3n) is 7.88. The molecule has 3 atom stereocenters. The lowest BCUT2D eigenvalue weighted by Crippen LogP contribution is -2.46. The molecule has 38 heavy (non-hydrogen) atoms. The maximum absolute atomic E-state index is 13.8. The molecule has 1 saturated heterocycles. The summed E-state index contributed by atoms with van der Waals surface area (Å²) in [4.78, 5) is 34.7. The zero-order chi connectivity index (χ0) is 27.3. The van der Waals surface area contributed by atoms with Gasteiger partial charge in [-0.1, -0.05) is 46.6 Å². The van der Waals surface area contributed by atoms with E-state index in [2.05, 4.69) is 37.6 Å². The number of benzene rings is 1. The fourth-order valence-electron chi connectivity index (χ4n) is 6.06. The van der Waals surface area contributed by atoms with E-state index < -0.39 is 11.9 Å². The van der Waals surface area contributed by atoms with Crippen molar-refractivity contribution in [3.05, 3.63) is 48.3 Å². The van der Waals surface area contributed by atoms with E-state index in [-0.39, 0.29) is 36.6 Å². The number of ether oxygens (including phenoxy) is 2. The first-order chi connectivity index (χ1) is 18.2. The molecule has 1 amide bonds. The number of nitrogens with zero attached hydrogens (tertiary/aromatic N) is 3. The molecule has 8 nitrogen and oxygen atoms in total. The fraction of sp³-hybridized carbons (Fsp3) is 0.567. The van der Waals surface area contributed by atoms with E-state index in [4.69, 9.17) is 9.47 Å². The fourth-order valence-corrected chi connectivity index (χ4v) is 6.06. The smallest absolute Gasteiger partial charge is 0.308 e. The number of anilines is 1. The molecular weight excluding hydrogens is 482 g/mol. The zero-order valence-corrected chi connectivity index (χ0v) is 23.1. The van der Waals surface area contributed by atoms with Crippen LogP contribution in [0.25, 0.3) is 0 Å². The lowest BCUT2D eigenvalue weighted by atomic mass is 9.76. The number of unbranched alkanes of at least 4 members (excludes halogenated alkanes) is 1. The van der Waals surface area contributed by atoms with Crippen LogP contribution in [0.1, 0.15) is 71.3 Å². The summed E-state index contributed by atoms with van der Waals surface area (Å²) in [6.07, 6.45) is 7.98. The van der Waals surface area contributed by atoms with Gasteiger partial charge < -0.3 is 19.5 Å². The Kier molecular flexibility index (Phi) is 8.92. The Bertz CT molecular complexity index is 1110. The van der Waals surface area contributed by atoms with Crippen LogP contribution in [0, 0.1) is 11.3 Å². The van der Waals surface area contributed by atoms with Crippen molar-refractivity contribution in [2.24, 2.45) is 11.3 Å². The minimum Gasteiger partial charge on any atom is -0.481 e. The second-order valence-corrected chi connectivity index (χ2v) is 11.3. The summed E-state index contributed by atoms with van der Waals surface area (Å²) in [6, 6.07) is 9.18. The molecule has 4 rings (SSSR count). The number of carboxylic acids is 1. The van der Waals surface area contributed by atoms with Gasteiger partial charge in [0.05, 0.1) is 24.3 Å². The molecule has 3 heterocycles. The van der Waals surface area contributed by atoms with Crippen molar-refractivity contribution in [3.8, 4) is 11.5 Å². The molecule has 2 aromatic rings. The molecule has 0 radical (unpaired) electrons. The minimum atomic E-state index is -0.824. The molecule has 2 aliphatic heterocycles. The van der Waals surface area contributed by atoms with E-state index in [0.29, 0.717) is 31.0 Å². The molecule has 206 valence electrons. The highest BCUT2D eigenvalue weighted by Crippen LogP contribution is 2.45. The van der Waals surface area contributed by atoms with Crippen LogP contribution in [0.15, 0.2) is 42.7 Å². The van der Waals surface area contributed by atoms with Crippen LogP contribution in [-0.2, 0) is 9.59 Å². The summed E-state index contributed by atoms with van der Waals surface area (Å²) >= 11 is 0. The van der Waals surface area contributed by atoms with Crippen molar-refractivity contribution in [1.82, 2.24) is 9.88 Å². The average Bonchev–Trinajstić information content (AvgIpc) is 3.49. The van der Waals surface area contributed by atoms with Gasteiger partial charge in [0.25, 0.3) is 0 Å². The summed E-state index contributed by atoms with van der Waals surface area (Å²) in [5.74, 6) is -0.433. The molecule has 1 aromatic heterocycles. The summed E-state index contributed by atoms with van der Waals surface area (Å²) in [5.41, 5.74) is 1.63. The van der Waals surface area contributed by atoms with Crippen LogP contribution in [0.4, 0.5) is 5.69 Å². The normalized spacial score (nSPS) is 21.0. The van der Waals surface area contributed by atoms with E-state index in [1.807, 2.05) is 30.3 Å². The Morgan fingerprint density at radius 2 is 1.95 bits per heavy atom. The molecule has 8 heteroatoms. The van der Waals surface area contributed by atoms with Crippen LogP contribution in [0.5, 0.6) is 11.5 Å². The highest BCUT2D eigenvalue weighted by atomic mass is 16.7. The molecular formula is C30H41N3O5. The highest BCUT2D eigenvalue weighted by Gasteiger charge is 2.49. The van der Waals surface area contributed by atoms with Crippen molar-refractivity contribution < 1.29 is 24.2 Å². The number of carbonyl (C=O) groups is 2. The Hall–Kier alpha value is -3.13. The number of hydrogen-bond acceptors (Lipinski definition) is 6. The second kappa shape index (κ2) is 12.2. The first-order valence-electron chi connectivity index (χ1n) is 13.8. The predicted octanol–water partition coefficient (Wildman–Crippen LogP) is 5.33. The molecule has 3 unspecified atom stereocenters. The number of likely N-dealkylation sites (tertiary alicyclic amines) is 1.